The fraction of sp³-hybridized carbons (Fsp3) is 0.278. The minimum absolute atomic E-state index is 0.209. The van der Waals surface area contributed by atoms with Gasteiger partial charge in [0.2, 0.25) is 11.7 Å². The molecule has 1 aromatic carbocycles. The molecule has 0 saturated heterocycles. The number of benzene rings is 1. The monoisotopic (exact) mass is 339 g/mol. The summed E-state index contributed by atoms with van der Waals surface area (Å²) in [4.78, 5) is 16.4. The Balaban J connectivity index is 1.33. The molecule has 7 heteroatoms. The number of hydrogen-bond acceptors (Lipinski definition) is 6. The molecule has 2 heterocycles. The smallest absolute Gasteiger partial charge is 0.259 e. The van der Waals surface area contributed by atoms with Gasteiger partial charge in [0.15, 0.2) is 6.61 Å². The Morgan fingerprint density at radius 1 is 1.28 bits per heavy atom. The summed E-state index contributed by atoms with van der Waals surface area (Å²) in [6.07, 6.45) is 3.73. The van der Waals surface area contributed by atoms with Gasteiger partial charge in [-0.3, -0.25) is 4.79 Å². The number of carbonyl (C=O) groups is 1. The molecule has 1 amide bonds. The second kappa shape index (κ2) is 6.43. The summed E-state index contributed by atoms with van der Waals surface area (Å²) in [6, 6.07) is 8.74. The number of aromatic nitrogens is 2. The number of amides is 1. The molecule has 0 spiro atoms. The second-order valence-electron chi connectivity index (χ2n) is 5.98. The highest BCUT2D eigenvalue weighted by Gasteiger charge is 2.29. The summed E-state index contributed by atoms with van der Waals surface area (Å²) >= 11 is 0. The Morgan fingerprint density at radius 3 is 2.76 bits per heavy atom. The lowest BCUT2D eigenvalue weighted by atomic mass is 10.2. The van der Waals surface area contributed by atoms with Crippen molar-refractivity contribution in [1.29, 1.82) is 0 Å². The molecule has 0 bridgehead atoms. The van der Waals surface area contributed by atoms with Gasteiger partial charge in [-0.2, -0.15) is 4.98 Å². The average Bonchev–Trinajstić information content (AvgIpc) is 3.20. The van der Waals surface area contributed by atoms with Crippen LogP contribution in [0.15, 0.2) is 45.5 Å². The van der Waals surface area contributed by atoms with E-state index in [0.29, 0.717) is 40.4 Å². The normalized spacial score (nSPS) is 13.6. The van der Waals surface area contributed by atoms with Crippen molar-refractivity contribution in [3.63, 3.8) is 0 Å². The van der Waals surface area contributed by atoms with Gasteiger partial charge in [0.05, 0.1) is 11.8 Å². The third kappa shape index (κ3) is 3.55. The first-order valence-electron chi connectivity index (χ1n) is 8.10. The van der Waals surface area contributed by atoms with E-state index in [2.05, 4.69) is 15.5 Å². The van der Waals surface area contributed by atoms with Crippen molar-refractivity contribution in [2.24, 2.45) is 0 Å². The molecule has 7 nitrogen and oxygen atoms in total. The SMILES string of the molecule is Cc1occc1C(=O)Nc1ccc(OCc2noc(C3CC3)n2)cc1. The van der Waals surface area contributed by atoms with Crippen molar-refractivity contribution in [3.05, 3.63) is 59.6 Å². The minimum Gasteiger partial charge on any atom is -0.485 e. The van der Waals surface area contributed by atoms with Crippen LogP contribution in [0.3, 0.4) is 0 Å². The average molecular weight is 339 g/mol. The Labute approximate surface area is 144 Å². The number of rotatable bonds is 6. The van der Waals surface area contributed by atoms with E-state index in [1.807, 2.05) is 0 Å². The fourth-order valence-electron chi connectivity index (χ4n) is 2.42. The second-order valence-corrected chi connectivity index (χ2v) is 5.98. The summed E-state index contributed by atoms with van der Waals surface area (Å²) in [6.45, 7) is 1.99. The number of anilines is 1. The van der Waals surface area contributed by atoms with Gasteiger partial charge in [-0.15, -0.1) is 0 Å². The quantitative estimate of drug-likeness (QED) is 0.737. The number of hydrogen-bond donors (Lipinski definition) is 1. The first-order valence-corrected chi connectivity index (χ1v) is 8.10. The van der Waals surface area contributed by atoms with E-state index in [4.69, 9.17) is 13.7 Å². The third-order valence-corrected chi connectivity index (χ3v) is 3.99. The highest BCUT2D eigenvalue weighted by atomic mass is 16.5. The van der Waals surface area contributed by atoms with Crippen LogP contribution >= 0.6 is 0 Å². The molecule has 0 radical (unpaired) electrons. The van der Waals surface area contributed by atoms with E-state index < -0.39 is 0 Å². The lowest BCUT2D eigenvalue weighted by Gasteiger charge is -2.07. The lowest BCUT2D eigenvalue weighted by molar-refractivity contribution is 0.102. The van der Waals surface area contributed by atoms with Gasteiger partial charge >= 0.3 is 0 Å². The van der Waals surface area contributed by atoms with E-state index in [-0.39, 0.29) is 12.5 Å². The number of nitrogens with zero attached hydrogens (tertiary/aromatic N) is 2. The zero-order chi connectivity index (χ0) is 17.2. The predicted molar refractivity (Wildman–Crippen MR) is 88.4 cm³/mol. The first-order chi connectivity index (χ1) is 12.2. The highest BCUT2D eigenvalue weighted by Crippen LogP contribution is 2.38. The predicted octanol–water partition coefficient (Wildman–Crippen LogP) is 3.68. The minimum atomic E-state index is -0.209. The van der Waals surface area contributed by atoms with E-state index in [1.165, 1.54) is 6.26 Å². The molecular weight excluding hydrogens is 322 g/mol. The molecule has 3 aromatic rings. The van der Waals surface area contributed by atoms with Crippen molar-refractivity contribution < 1.29 is 18.5 Å². The van der Waals surface area contributed by atoms with Crippen LogP contribution < -0.4 is 10.1 Å². The van der Waals surface area contributed by atoms with Crippen LogP contribution in [0.25, 0.3) is 0 Å². The number of aryl methyl sites for hydroxylation is 1. The van der Waals surface area contributed by atoms with Gasteiger partial charge < -0.3 is 19.0 Å². The molecule has 25 heavy (non-hydrogen) atoms. The molecule has 128 valence electrons. The van der Waals surface area contributed by atoms with Gasteiger partial charge in [0, 0.05) is 11.6 Å². The number of ether oxygens (including phenoxy) is 1. The molecular formula is C18H17N3O4. The highest BCUT2D eigenvalue weighted by molar-refractivity contribution is 6.04. The standard InChI is InChI=1S/C18H17N3O4/c1-11-15(8-9-23-11)17(22)19-13-4-6-14(7-5-13)24-10-16-20-18(25-21-16)12-2-3-12/h4-9,12H,2-3,10H2,1H3,(H,19,22). The van der Waals surface area contributed by atoms with Crippen molar-refractivity contribution in [1.82, 2.24) is 10.1 Å². The molecule has 1 saturated carbocycles. The zero-order valence-electron chi connectivity index (χ0n) is 13.7. The van der Waals surface area contributed by atoms with Gasteiger partial charge in [0.1, 0.15) is 11.5 Å². The Bertz CT molecular complexity index is 878. The van der Waals surface area contributed by atoms with Crippen LogP contribution in [-0.4, -0.2) is 16.0 Å². The van der Waals surface area contributed by atoms with Crippen molar-refractivity contribution >= 4 is 11.6 Å². The van der Waals surface area contributed by atoms with Crippen LogP contribution in [0, 0.1) is 6.92 Å². The largest absolute Gasteiger partial charge is 0.485 e. The van der Waals surface area contributed by atoms with Crippen molar-refractivity contribution in [2.75, 3.05) is 5.32 Å². The van der Waals surface area contributed by atoms with E-state index in [0.717, 1.165) is 12.8 Å². The molecule has 2 aromatic heterocycles. The Morgan fingerprint density at radius 2 is 2.08 bits per heavy atom. The Hall–Kier alpha value is -3.09. The Kier molecular flexibility index (Phi) is 3.97. The maximum atomic E-state index is 12.1. The van der Waals surface area contributed by atoms with E-state index in [9.17, 15) is 4.79 Å². The summed E-state index contributed by atoms with van der Waals surface area (Å²) in [5.41, 5.74) is 1.19. The molecule has 0 aliphatic heterocycles. The van der Waals surface area contributed by atoms with Crippen molar-refractivity contribution in [2.45, 2.75) is 32.3 Å². The van der Waals surface area contributed by atoms with E-state index >= 15 is 0 Å². The topological polar surface area (TPSA) is 90.4 Å². The molecule has 0 unspecified atom stereocenters. The summed E-state index contributed by atoms with van der Waals surface area (Å²) < 4.78 is 16.0. The van der Waals surface area contributed by atoms with Gasteiger partial charge in [-0.25, -0.2) is 0 Å². The van der Waals surface area contributed by atoms with Gasteiger partial charge in [-0.1, -0.05) is 5.16 Å². The molecule has 1 N–H and O–H groups in total. The van der Waals surface area contributed by atoms with Crippen LogP contribution in [0.2, 0.25) is 0 Å². The third-order valence-electron chi connectivity index (χ3n) is 3.99. The summed E-state index contributed by atoms with van der Waals surface area (Å²) in [5.74, 6) is 2.71. The fourth-order valence-corrected chi connectivity index (χ4v) is 2.42. The molecule has 4 rings (SSSR count). The number of furan rings is 1. The van der Waals surface area contributed by atoms with E-state index in [1.54, 1.807) is 37.3 Å². The maximum absolute atomic E-state index is 12.1. The van der Waals surface area contributed by atoms with Gasteiger partial charge in [0.25, 0.3) is 5.91 Å². The molecule has 1 aliphatic rings. The summed E-state index contributed by atoms with van der Waals surface area (Å²) in [7, 11) is 0. The lowest BCUT2D eigenvalue weighted by Crippen LogP contribution is -2.11. The number of carbonyl (C=O) groups excluding carboxylic acids is 1. The van der Waals surface area contributed by atoms with Gasteiger partial charge in [-0.05, 0) is 50.1 Å². The van der Waals surface area contributed by atoms with Crippen LogP contribution in [0.4, 0.5) is 5.69 Å². The number of nitrogens with one attached hydrogen (secondary N) is 1. The van der Waals surface area contributed by atoms with Crippen LogP contribution in [-0.2, 0) is 6.61 Å². The zero-order valence-corrected chi connectivity index (χ0v) is 13.7. The van der Waals surface area contributed by atoms with Crippen LogP contribution in [0.5, 0.6) is 5.75 Å². The molecule has 1 aliphatic carbocycles. The molecule has 1 fully saturated rings. The first kappa shape index (κ1) is 15.4. The summed E-state index contributed by atoms with van der Waals surface area (Å²) in [5, 5.41) is 6.72. The van der Waals surface area contributed by atoms with Crippen LogP contribution in [0.1, 0.15) is 46.6 Å². The maximum Gasteiger partial charge on any atom is 0.259 e. The molecule has 0 atom stereocenters. The van der Waals surface area contributed by atoms with Crippen molar-refractivity contribution in [3.8, 4) is 5.75 Å².